The molecule has 1 amide bonds. The molecule has 0 radical (unpaired) electrons. The third-order valence-electron chi connectivity index (χ3n) is 4.34. The van der Waals surface area contributed by atoms with Crippen LogP contribution < -0.4 is 4.74 Å². The highest BCUT2D eigenvalue weighted by molar-refractivity contribution is 5.94. The molecule has 1 aliphatic rings. The van der Waals surface area contributed by atoms with Crippen molar-refractivity contribution in [2.75, 3.05) is 13.1 Å². The zero-order chi connectivity index (χ0) is 18.5. The van der Waals surface area contributed by atoms with Crippen LogP contribution in [0.25, 0.3) is 0 Å². The molecular weight excluding hydrogens is 338 g/mol. The predicted molar refractivity (Wildman–Crippen MR) is 90.7 cm³/mol. The van der Waals surface area contributed by atoms with Crippen molar-refractivity contribution in [3.05, 3.63) is 41.5 Å². The molecule has 0 spiro atoms. The van der Waals surface area contributed by atoms with E-state index in [1.165, 1.54) is 0 Å². The van der Waals surface area contributed by atoms with Gasteiger partial charge in [0.05, 0.1) is 5.92 Å². The zero-order valence-electron chi connectivity index (χ0n) is 14.6. The Kier molecular flexibility index (Phi) is 5.50. The van der Waals surface area contributed by atoms with Crippen molar-refractivity contribution in [2.45, 2.75) is 32.8 Å². The largest absolute Gasteiger partial charge is 0.485 e. The first-order valence-corrected chi connectivity index (χ1v) is 8.63. The molecular formula is C18H21N3O5. The van der Waals surface area contributed by atoms with Gasteiger partial charge in [0.25, 0.3) is 5.91 Å². The van der Waals surface area contributed by atoms with Gasteiger partial charge in [-0.15, -0.1) is 0 Å². The Morgan fingerprint density at radius 3 is 2.77 bits per heavy atom. The number of likely N-dealkylation sites (tertiary alicyclic amines) is 1. The normalized spacial score (nSPS) is 17.1. The van der Waals surface area contributed by atoms with Gasteiger partial charge in [-0.2, -0.15) is 4.98 Å². The van der Waals surface area contributed by atoms with Crippen molar-refractivity contribution < 1.29 is 24.0 Å². The summed E-state index contributed by atoms with van der Waals surface area (Å²) in [5.41, 5.74) is 0.510. The number of rotatable bonds is 6. The van der Waals surface area contributed by atoms with E-state index in [-0.39, 0.29) is 19.1 Å². The average molecular weight is 359 g/mol. The molecule has 1 N–H and O–H groups in total. The number of ether oxygens (including phenoxy) is 1. The summed E-state index contributed by atoms with van der Waals surface area (Å²) in [4.78, 5) is 29.5. The van der Waals surface area contributed by atoms with E-state index in [1.807, 2.05) is 6.92 Å². The first-order valence-electron chi connectivity index (χ1n) is 8.63. The summed E-state index contributed by atoms with van der Waals surface area (Å²) >= 11 is 0. The fraction of sp³-hybridized carbons (Fsp3) is 0.444. The van der Waals surface area contributed by atoms with Crippen molar-refractivity contribution >= 4 is 11.9 Å². The Hall–Kier alpha value is -2.90. The summed E-state index contributed by atoms with van der Waals surface area (Å²) < 4.78 is 10.6. The first kappa shape index (κ1) is 17.9. The molecule has 1 aromatic carbocycles. The van der Waals surface area contributed by atoms with Crippen LogP contribution in [0.4, 0.5) is 0 Å². The standard InChI is InChI=1S/C18H21N3O5/c1-2-16-19-15(20-26-16)11-25-14-7-5-12(6-8-14)17(22)21-9-3-4-13(10-21)18(23)24/h5-8,13H,2-4,9-11H2,1H3,(H,23,24)/t13-/m0/s1. The van der Waals surface area contributed by atoms with Crippen LogP contribution in [0.5, 0.6) is 5.75 Å². The van der Waals surface area contributed by atoms with Crippen LogP contribution in [0.1, 0.15) is 41.8 Å². The smallest absolute Gasteiger partial charge is 0.308 e. The molecule has 0 saturated carbocycles. The second-order valence-corrected chi connectivity index (χ2v) is 6.20. The molecule has 1 atom stereocenters. The average Bonchev–Trinajstić information content (AvgIpc) is 3.14. The summed E-state index contributed by atoms with van der Waals surface area (Å²) in [7, 11) is 0. The monoisotopic (exact) mass is 359 g/mol. The SMILES string of the molecule is CCc1nc(COc2ccc(C(=O)N3CCC[C@H](C(=O)O)C3)cc2)no1. The van der Waals surface area contributed by atoms with Crippen LogP contribution in [0.3, 0.4) is 0 Å². The van der Waals surface area contributed by atoms with Crippen LogP contribution in [0, 0.1) is 5.92 Å². The van der Waals surface area contributed by atoms with E-state index < -0.39 is 11.9 Å². The predicted octanol–water partition coefficient (Wildman–Crippen LogP) is 2.15. The lowest BCUT2D eigenvalue weighted by Crippen LogP contribution is -2.42. The van der Waals surface area contributed by atoms with Gasteiger partial charge in [0.15, 0.2) is 6.61 Å². The number of aromatic nitrogens is 2. The Balaban J connectivity index is 1.58. The Morgan fingerprint density at radius 2 is 2.12 bits per heavy atom. The highest BCUT2D eigenvalue weighted by Gasteiger charge is 2.28. The summed E-state index contributed by atoms with van der Waals surface area (Å²) in [6.45, 7) is 2.95. The molecule has 26 heavy (non-hydrogen) atoms. The van der Waals surface area contributed by atoms with Gasteiger partial charge in [0, 0.05) is 25.1 Å². The van der Waals surface area contributed by atoms with E-state index in [0.29, 0.717) is 48.8 Å². The number of amides is 1. The molecule has 3 rings (SSSR count). The fourth-order valence-electron chi connectivity index (χ4n) is 2.88. The highest BCUT2D eigenvalue weighted by Crippen LogP contribution is 2.20. The van der Waals surface area contributed by atoms with E-state index in [0.717, 1.165) is 0 Å². The van der Waals surface area contributed by atoms with E-state index in [1.54, 1.807) is 29.2 Å². The van der Waals surface area contributed by atoms with E-state index in [9.17, 15) is 9.59 Å². The molecule has 0 bridgehead atoms. The zero-order valence-corrected chi connectivity index (χ0v) is 14.6. The number of aliphatic carboxylic acids is 1. The fourth-order valence-corrected chi connectivity index (χ4v) is 2.88. The van der Waals surface area contributed by atoms with Crippen LogP contribution in [-0.2, 0) is 17.8 Å². The summed E-state index contributed by atoms with van der Waals surface area (Å²) in [5, 5.41) is 13.0. The molecule has 2 heterocycles. The number of hydrogen-bond donors (Lipinski definition) is 1. The molecule has 8 heteroatoms. The van der Waals surface area contributed by atoms with Crippen molar-refractivity contribution in [1.82, 2.24) is 15.0 Å². The molecule has 1 fully saturated rings. The van der Waals surface area contributed by atoms with Crippen molar-refractivity contribution in [3.8, 4) is 5.75 Å². The Labute approximate surface area is 150 Å². The number of nitrogens with zero attached hydrogens (tertiary/aromatic N) is 3. The van der Waals surface area contributed by atoms with Gasteiger partial charge in [-0.3, -0.25) is 9.59 Å². The molecule has 0 unspecified atom stereocenters. The maximum atomic E-state index is 12.6. The lowest BCUT2D eigenvalue weighted by atomic mass is 9.97. The minimum absolute atomic E-state index is 0.159. The molecule has 8 nitrogen and oxygen atoms in total. The molecule has 138 valence electrons. The van der Waals surface area contributed by atoms with E-state index in [4.69, 9.17) is 14.4 Å². The second kappa shape index (κ2) is 7.99. The van der Waals surface area contributed by atoms with Gasteiger partial charge in [-0.1, -0.05) is 12.1 Å². The van der Waals surface area contributed by atoms with E-state index >= 15 is 0 Å². The van der Waals surface area contributed by atoms with Crippen molar-refractivity contribution in [1.29, 1.82) is 0 Å². The lowest BCUT2D eigenvalue weighted by molar-refractivity contribution is -0.143. The number of carbonyl (C=O) groups excluding carboxylic acids is 1. The van der Waals surface area contributed by atoms with Gasteiger partial charge in [-0.25, -0.2) is 0 Å². The van der Waals surface area contributed by atoms with Crippen LogP contribution in [0.2, 0.25) is 0 Å². The quantitative estimate of drug-likeness (QED) is 0.842. The third-order valence-corrected chi connectivity index (χ3v) is 4.34. The van der Waals surface area contributed by atoms with Gasteiger partial charge in [0.1, 0.15) is 5.75 Å². The van der Waals surface area contributed by atoms with Gasteiger partial charge in [-0.05, 0) is 37.1 Å². The minimum Gasteiger partial charge on any atom is -0.485 e. The molecule has 2 aromatic rings. The Bertz CT molecular complexity index is 771. The number of benzene rings is 1. The first-order chi connectivity index (χ1) is 12.6. The maximum Gasteiger partial charge on any atom is 0.308 e. The van der Waals surface area contributed by atoms with E-state index in [2.05, 4.69) is 10.1 Å². The van der Waals surface area contributed by atoms with Crippen LogP contribution >= 0.6 is 0 Å². The highest BCUT2D eigenvalue weighted by atomic mass is 16.5. The van der Waals surface area contributed by atoms with Crippen LogP contribution in [0.15, 0.2) is 28.8 Å². The number of carbonyl (C=O) groups is 2. The number of carboxylic acids is 1. The van der Waals surface area contributed by atoms with Gasteiger partial charge in [0.2, 0.25) is 11.7 Å². The maximum absolute atomic E-state index is 12.6. The Morgan fingerprint density at radius 1 is 1.35 bits per heavy atom. The summed E-state index contributed by atoms with van der Waals surface area (Å²) in [5.74, 6) is 0.123. The minimum atomic E-state index is -0.848. The molecule has 1 aromatic heterocycles. The summed E-state index contributed by atoms with van der Waals surface area (Å²) in [6.07, 6.45) is 1.99. The second-order valence-electron chi connectivity index (χ2n) is 6.20. The molecule has 1 aliphatic heterocycles. The number of hydrogen-bond acceptors (Lipinski definition) is 6. The van der Waals surface area contributed by atoms with Crippen molar-refractivity contribution in [2.24, 2.45) is 5.92 Å². The number of carboxylic acid groups (broad SMARTS) is 1. The summed E-state index contributed by atoms with van der Waals surface area (Å²) in [6, 6.07) is 6.75. The van der Waals surface area contributed by atoms with Gasteiger partial charge < -0.3 is 19.3 Å². The molecule has 1 saturated heterocycles. The number of piperidine rings is 1. The third kappa shape index (κ3) is 4.19. The van der Waals surface area contributed by atoms with Crippen LogP contribution in [-0.4, -0.2) is 45.1 Å². The van der Waals surface area contributed by atoms with Crippen molar-refractivity contribution in [3.63, 3.8) is 0 Å². The number of aryl methyl sites for hydroxylation is 1. The van der Waals surface area contributed by atoms with Gasteiger partial charge >= 0.3 is 5.97 Å². The topological polar surface area (TPSA) is 106 Å². The lowest BCUT2D eigenvalue weighted by Gasteiger charge is -2.30. The molecule has 0 aliphatic carbocycles.